The highest BCUT2D eigenvalue weighted by Gasteiger charge is 2.17. The average molecular weight is 300 g/mol. The fraction of sp³-hybridized carbons (Fsp3) is 0.412. The van der Waals surface area contributed by atoms with E-state index in [1.165, 1.54) is 0 Å². The van der Waals surface area contributed by atoms with Crippen LogP contribution in [0.15, 0.2) is 36.7 Å². The Morgan fingerprint density at radius 3 is 3.05 bits per heavy atom. The number of aromatic nitrogens is 2. The van der Waals surface area contributed by atoms with Gasteiger partial charge in [0.25, 0.3) is 0 Å². The maximum atomic E-state index is 10.8. The van der Waals surface area contributed by atoms with Crippen molar-refractivity contribution in [3.63, 3.8) is 0 Å². The molecule has 2 heterocycles. The highest BCUT2D eigenvalue weighted by molar-refractivity contribution is 5.70. The van der Waals surface area contributed by atoms with E-state index < -0.39 is 5.97 Å². The van der Waals surface area contributed by atoms with Gasteiger partial charge in [0.1, 0.15) is 0 Å². The van der Waals surface area contributed by atoms with E-state index in [2.05, 4.69) is 5.10 Å². The Bertz CT molecular complexity index is 645. The van der Waals surface area contributed by atoms with Crippen molar-refractivity contribution in [1.82, 2.24) is 9.78 Å². The first-order valence-electron chi connectivity index (χ1n) is 7.62. The van der Waals surface area contributed by atoms with Crippen molar-refractivity contribution in [2.45, 2.75) is 25.8 Å². The average Bonchev–Trinajstić information content (AvgIpc) is 3.18. The van der Waals surface area contributed by atoms with Gasteiger partial charge in [-0.15, -0.1) is 0 Å². The van der Waals surface area contributed by atoms with E-state index in [9.17, 15) is 4.79 Å². The largest absolute Gasteiger partial charge is 0.481 e. The molecule has 1 N–H and O–H groups in total. The molecule has 0 aliphatic carbocycles. The van der Waals surface area contributed by atoms with Crippen LogP contribution < -0.4 is 0 Å². The van der Waals surface area contributed by atoms with Gasteiger partial charge in [-0.1, -0.05) is 24.3 Å². The molecule has 1 saturated heterocycles. The number of aryl methyl sites for hydroxylation is 1. The van der Waals surface area contributed by atoms with Gasteiger partial charge in [0, 0.05) is 37.3 Å². The fourth-order valence-electron chi connectivity index (χ4n) is 2.86. The summed E-state index contributed by atoms with van der Waals surface area (Å²) >= 11 is 0. The summed E-state index contributed by atoms with van der Waals surface area (Å²) in [5, 5.41) is 13.3. The molecule has 0 spiro atoms. The highest BCUT2D eigenvalue weighted by atomic mass is 16.5. The molecule has 3 rings (SSSR count). The van der Waals surface area contributed by atoms with Gasteiger partial charge in [-0.05, 0) is 24.0 Å². The van der Waals surface area contributed by atoms with Gasteiger partial charge >= 0.3 is 5.97 Å². The number of ether oxygens (including phenoxy) is 1. The Labute approximate surface area is 129 Å². The molecule has 22 heavy (non-hydrogen) atoms. The summed E-state index contributed by atoms with van der Waals surface area (Å²) in [6.07, 6.45) is 5.66. The van der Waals surface area contributed by atoms with Crippen molar-refractivity contribution < 1.29 is 14.6 Å². The maximum absolute atomic E-state index is 10.8. The lowest BCUT2D eigenvalue weighted by Crippen LogP contribution is -2.10. The van der Waals surface area contributed by atoms with Crippen LogP contribution in [0.5, 0.6) is 0 Å². The number of carboxylic acids is 1. The van der Waals surface area contributed by atoms with Gasteiger partial charge in [-0.25, -0.2) is 0 Å². The second-order valence-electron chi connectivity index (χ2n) is 5.73. The number of carbonyl (C=O) groups is 1. The third kappa shape index (κ3) is 3.54. The van der Waals surface area contributed by atoms with E-state index in [1.807, 2.05) is 41.3 Å². The van der Waals surface area contributed by atoms with Crippen LogP contribution in [0.3, 0.4) is 0 Å². The Kier molecular flexibility index (Phi) is 4.53. The lowest BCUT2D eigenvalue weighted by atomic mass is 9.99. The van der Waals surface area contributed by atoms with Crippen LogP contribution >= 0.6 is 0 Å². The topological polar surface area (TPSA) is 64.3 Å². The summed E-state index contributed by atoms with van der Waals surface area (Å²) in [6, 6.07) is 7.93. The summed E-state index contributed by atoms with van der Waals surface area (Å²) in [5.74, 6) is -0.235. The minimum atomic E-state index is -0.772. The van der Waals surface area contributed by atoms with Crippen LogP contribution in [0, 0.1) is 5.92 Å². The van der Waals surface area contributed by atoms with Crippen molar-refractivity contribution in [2.75, 3.05) is 13.2 Å². The summed E-state index contributed by atoms with van der Waals surface area (Å²) in [7, 11) is 0. The van der Waals surface area contributed by atoms with Crippen molar-refractivity contribution in [3.8, 4) is 11.1 Å². The highest BCUT2D eigenvalue weighted by Crippen LogP contribution is 2.25. The summed E-state index contributed by atoms with van der Waals surface area (Å²) < 4.78 is 7.36. The smallest absolute Gasteiger partial charge is 0.303 e. The van der Waals surface area contributed by atoms with Crippen LogP contribution in [0.25, 0.3) is 11.1 Å². The zero-order valence-corrected chi connectivity index (χ0v) is 12.4. The number of hydrogen-bond acceptors (Lipinski definition) is 3. The predicted molar refractivity (Wildman–Crippen MR) is 82.5 cm³/mol. The van der Waals surface area contributed by atoms with E-state index in [1.54, 1.807) is 0 Å². The zero-order chi connectivity index (χ0) is 15.4. The summed E-state index contributed by atoms with van der Waals surface area (Å²) in [5.41, 5.74) is 3.16. The second kappa shape index (κ2) is 6.75. The zero-order valence-electron chi connectivity index (χ0n) is 12.4. The Hall–Kier alpha value is -2.14. The lowest BCUT2D eigenvalue weighted by Gasteiger charge is -2.08. The van der Waals surface area contributed by atoms with Gasteiger partial charge in [-0.3, -0.25) is 9.48 Å². The molecule has 116 valence electrons. The van der Waals surface area contributed by atoms with Crippen molar-refractivity contribution >= 4 is 5.97 Å². The minimum Gasteiger partial charge on any atom is -0.481 e. The fourth-order valence-corrected chi connectivity index (χ4v) is 2.86. The molecule has 1 atom stereocenters. The number of rotatable bonds is 6. The monoisotopic (exact) mass is 300 g/mol. The quantitative estimate of drug-likeness (QED) is 0.890. The number of nitrogens with zero attached hydrogens (tertiary/aromatic N) is 2. The first-order chi connectivity index (χ1) is 10.7. The van der Waals surface area contributed by atoms with E-state index in [-0.39, 0.29) is 6.42 Å². The number of hydrogen-bond donors (Lipinski definition) is 1. The first-order valence-corrected chi connectivity index (χ1v) is 7.62. The molecule has 1 unspecified atom stereocenters. The van der Waals surface area contributed by atoms with Crippen LogP contribution in [0.2, 0.25) is 0 Å². The Morgan fingerprint density at radius 2 is 2.27 bits per heavy atom. The van der Waals surface area contributed by atoms with Crippen molar-refractivity contribution in [3.05, 3.63) is 42.2 Å². The first kappa shape index (κ1) is 14.8. The Balaban J connectivity index is 1.76. The van der Waals surface area contributed by atoms with Crippen LogP contribution in [-0.2, 0) is 22.5 Å². The van der Waals surface area contributed by atoms with E-state index >= 15 is 0 Å². The molecule has 5 nitrogen and oxygen atoms in total. The molecule has 2 aromatic rings. The minimum absolute atomic E-state index is 0.143. The molecule has 1 aromatic heterocycles. The third-order valence-corrected chi connectivity index (χ3v) is 4.04. The summed E-state index contributed by atoms with van der Waals surface area (Å²) in [6.45, 7) is 2.53. The van der Waals surface area contributed by atoms with Crippen LogP contribution in [0.1, 0.15) is 18.4 Å². The molecule has 0 amide bonds. The second-order valence-corrected chi connectivity index (χ2v) is 5.73. The van der Waals surface area contributed by atoms with Crippen LogP contribution in [0.4, 0.5) is 0 Å². The van der Waals surface area contributed by atoms with Crippen LogP contribution in [-0.4, -0.2) is 34.1 Å². The van der Waals surface area contributed by atoms with Gasteiger partial charge in [0.15, 0.2) is 0 Å². The lowest BCUT2D eigenvalue weighted by molar-refractivity contribution is -0.136. The normalized spacial score (nSPS) is 17.7. The summed E-state index contributed by atoms with van der Waals surface area (Å²) in [4.78, 5) is 10.8. The van der Waals surface area contributed by atoms with Gasteiger partial charge in [0.2, 0.25) is 0 Å². The SMILES string of the molecule is O=C(O)CCc1ccccc1-c1cnn(CC2CCOC2)c1. The molecule has 1 aromatic carbocycles. The van der Waals surface area contributed by atoms with Crippen molar-refractivity contribution in [2.24, 2.45) is 5.92 Å². The molecule has 5 heteroatoms. The standard InChI is InChI=1S/C17H20N2O3/c20-17(21)6-5-14-3-1-2-4-16(14)15-9-18-19(11-15)10-13-7-8-22-12-13/h1-4,9,11,13H,5-8,10,12H2,(H,20,21). The molecule has 1 fully saturated rings. The maximum Gasteiger partial charge on any atom is 0.303 e. The molecule has 1 aliphatic heterocycles. The molecule has 0 saturated carbocycles. The van der Waals surface area contributed by atoms with Gasteiger partial charge in [0.05, 0.1) is 12.8 Å². The van der Waals surface area contributed by atoms with Gasteiger partial charge < -0.3 is 9.84 Å². The number of benzene rings is 1. The number of carboxylic acid groups (broad SMARTS) is 1. The molecular formula is C17H20N2O3. The third-order valence-electron chi connectivity index (χ3n) is 4.04. The Morgan fingerprint density at radius 1 is 1.41 bits per heavy atom. The van der Waals surface area contributed by atoms with E-state index in [4.69, 9.17) is 9.84 Å². The number of aliphatic carboxylic acids is 1. The molecule has 1 aliphatic rings. The van der Waals surface area contributed by atoms with E-state index in [0.29, 0.717) is 12.3 Å². The molecule has 0 bridgehead atoms. The molecular weight excluding hydrogens is 280 g/mol. The molecule has 0 radical (unpaired) electrons. The van der Waals surface area contributed by atoms with Gasteiger partial charge in [-0.2, -0.15) is 5.10 Å². The van der Waals surface area contributed by atoms with E-state index in [0.717, 1.165) is 42.9 Å². The predicted octanol–water partition coefficient (Wildman–Crippen LogP) is 2.60. The van der Waals surface area contributed by atoms with Crippen molar-refractivity contribution in [1.29, 1.82) is 0 Å².